The molecule has 20 heavy (non-hydrogen) atoms. The summed E-state index contributed by atoms with van der Waals surface area (Å²) >= 11 is 1.47. The normalized spacial score (nSPS) is 12.0. The average molecular weight is 293 g/mol. The molecule has 0 aliphatic heterocycles. The number of halogens is 1. The summed E-state index contributed by atoms with van der Waals surface area (Å²) in [6.45, 7) is 3.73. The number of carbonyl (C=O) groups excluding carboxylic acids is 1. The molecule has 0 saturated carbocycles. The van der Waals surface area contributed by atoms with E-state index in [1.807, 2.05) is 18.4 Å². The van der Waals surface area contributed by atoms with Gasteiger partial charge in [-0.1, -0.05) is 0 Å². The molecule has 2 aromatic rings. The van der Waals surface area contributed by atoms with Crippen LogP contribution in [-0.4, -0.2) is 13.1 Å². The van der Waals surface area contributed by atoms with E-state index in [0.29, 0.717) is 5.69 Å². The minimum absolute atomic E-state index is 0.334. The van der Waals surface area contributed by atoms with Gasteiger partial charge >= 0.3 is 5.97 Å². The molecule has 0 spiro atoms. The number of hydrogen-bond acceptors (Lipinski definition) is 4. The third kappa shape index (κ3) is 3.17. The Labute approximate surface area is 121 Å². The Balaban J connectivity index is 2.33. The number of rotatable bonds is 4. The zero-order valence-corrected chi connectivity index (χ0v) is 12.4. The van der Waals surface area contributed by atoms with Crippen LogP contribution in [0.3, 0.4) is 0 Å². The van der Waals surface area contributed by atoms with Gasteiger partial charge in [-0.05, 0) is 54.6 Å². The molecule has 0 radical (unpaired) electrons. The van der Waals surface area contributed by atoms with Gasteiger partial charge in [0.25, 0.3) is 0 Å². The molecule has 1 atom stereocenters. The molecule has 0 fully saturated rings. The SMILES string of the molecule is COC(=O)C(Nc1cc(C)cc(F)c1)c1sccc1C. The first kappa shape index (κ1) is 14.5. The summed E-state index contributed by atoms with van der Waals surface area (Å²) in [6.07, 6.45) is 0. The fraction of sp³-hybridized carbons (Fsp3) is 0.267. The van der Waals surface area contributed by atoms with E-state index in [4.69, 9.17) is 4.74 Å². The number of methoxy groups -OCH3 is 1. The van der Waals surface area contributed by atoms with Gasteiger partial charge < -0.3 is 10.1 Å². The van der Waals surface area contributed by atoms with Gasteiger partial charge in [0, 0.05) is 10.6 Å². The van der Waals surface area contributed by atoms with Gasteiger partial charge in [-0.15, -0.1) is 11.3 Å². The van der Waals surface area contributed by atoms with E-state index in [0.717, 1.165) is 16.0 Å². The third-order valence-corrected chi connectivity index (χ3v) is 4.04. The summed E-state index contributed by atoms with van der Waals surface area (Å²) in [5.74, 6) is -0.725. The fourth-order valence-electron chi connectivity index (χ4n) is 2.02. The van der Waals surface area contributed by atoms with Gasteiger partial charge in [0.2, 0.25) is 0 Å². The zero-order valence-electron chi connectivity index (χ0n) is 11.6. The van der Waals surface area contributed by atoms with Crippen LogP contribution in [0.2, 0.25) is 0 Å². The number of anilines is 1. The molecule has 1 heterocycles. The van der Waals surface area contributed by atoms with Crippen molar-refractivity contribution in [2.45, 2.75) is 19.9 Å². The van der Waals surface area contributed by atoms with E-state index in [2.05, 4.69) is 5.32 Å². The number of aryl methyl sites for hydroxylation is 2. The lowest BCUT2D eigenvalue weighted by molar-refractivity contribution is -0.141. The Kier molecular flexibility index (Phi) is 4.39. The second-order valence-electron chi connectivity index (χ2n) is 4.59. The Morgan fingerprint density at radius 3 is 2.65 bits per heavy atom. The number of hydrogen-bond donors (Lipinski definition) is 1. The number of esters is 1. The van der Waals surface area contributed by atoms with Crippen LogP contribution in [0.25, 0.3) is 0 Å². The highest BCUT2D eigenvalue weighted by Crippen LogP contribution is 2.28. The Morgan fingerprint density at radius 1 is 1.35 bits per heavy atom. The largest absolute Gasteiger partial charge is 0.467 e. The molecule has 5 heteroatoms. The van der Waals surface area contributed by atoms with Crippen LogP contribution in [0.1, 0.15) is 22.0 Å². The molecule has 106 valence electrons. The minimum atomic E-state index is -0.624. The van der Waals surface area contributed by atoms with E-state index in [1.54, 1.807) is 13.0 Å². The smallest absolute Gasteiger partial charge is 0.333 e. The monoisotopic (exact) mass is 293 g/mol. The first-order valence-electron chi connectivity index (χ1n) is 6.17. The molecular weight excluding hydrogens is 277 g/mol. The molecule has 1 N–H and O–H groups in total. The standard InChI is InChI=1S/C15H16FNO2S/c1-9-6-11(16)8-12(7-9)17-13(15(18)19-3)14-10(2)4-5-20-14/h4-8,13,17H,1-3H3. The van der Waals surface area contributed by atoms with Gasteiger partial charge in [0.1, 0.15) is 5.82 Å². The Hall–Kier alpha value is -1.88. The van der Waals surface area contributed by atoms with E-state index < -0.39 is 12.0 Å². The summed E-state index contributed by atoms with van der Waals surface area (Å²) in [5.41, 5.74) is 2.36. The van der Waals surface area contributed by atoms with Crippen molar-refractivity contribution in [3.63, 3.8) is 0 Å². The number of thiophene rings is 1. The van der Waals surface area contributed by atoms with Crippen molar-refractivity contribution in [2.24, 2.45) is 0 Å². The molecule has 2 rings (SSSR count). The molecule has 0 aliphatic carbocycles. The van der Waals surface area contributed by atoms with Crippen LogP contribution in [0.4, 0.5) is 10.1 Å². The lowest BCUT2D eigenvalue weighted by atomic mass is 10.1. The van der Waals surface area contributed by atoms with Crippen molar-refractivity contribution >= 4 is 23.0 Å². The first-order chi connectivity index (χ1) is 9.51. The van der Waals surface area contributed by atoms with Crippen LogP contribution >= 0.6 is 11.3 Å². The van der Waals surface area contributed by atoms with Crippen LogP contribution in [0, 0.1) is 19.7 Å². The van der Waals surface area contributed by atoms with E-state index in [9.17, 15) is 9.18 Å². The van der Waals surface area contributed by atoms with Gasteiger partial charge in [0.15, 0.2) is 6.04 Å². The second-order valence-corrected chi connectivity index (χ2v) is 5.53. The minimum Gasteiger partial charge on any atom is -0.467 e. The lowest BCUT2D eigenvalue weighted by Crippen LogP contribution is -2.22. The van der Waals surface area contributed by atoms with Crippen LogP contribution < -0.4 is 5.32 Å². The van der Waals surface area contributed by atoms with Gasteiger partial charge in [0.05, 0.1) is 7.11 Å². The average Bonchev–Trinajstić information content (AvgIpc) is 2.80. The predicted molar refractivity (Wildman–Crippen MR) is 78.6 cm³/mol. The van der Waals surface area contributed by atoms with Crippen LogP contribution in [-0.2, 0) is 9.53 Å². The van der Waals surface area contributed by atoms with Crippen molar-refractivity contribution in [3.05, 3.63) is 51.5 Å². The lowest BCUT2D eigenvalue weighted by Gasteiger charge is -2.18. The topological polar surface area (TPSA) is 38.3 Å². The molecule has 0 aliphatic rings. The molecule has 1 unspecified atom stereocenters. The molecule has 1 aromatic heterocycles. The van der Waals surface area contributed by atoms with E-state index in [1.165, 1.54) is 30.6 Å². The van der Waals surface area contributed by atoms with E-state index in [-0.39, 0.29) is 5.82 Å². The summed E-state index contributed by atoms with van der Waals surface area (Å²) < 4.78 is 18.3. The summed E-state index contributed by atoms with van der Waals surface area (Å²) in [7, 11) is 1.34. The van der Waals surface area contributed by atoms with Crippen LogP contribution in [0.15, 0.2) is 29.6 Å². The van der Waals surface area contributed by atoms with Gasteiger partial charge in [-0.3, -0.25) is 0 Å². The Bertz CT molecular complexity index is 604. The van der Waals surface area contributed by atoms with Crippen molar-refractivity contribution in [1.29, 1.82) is 0 Å². The molecule has 1 aromatic carbocycles. The first-order valence-corrected chi connectivity index (χ1v) is 7.05. The molecule has 0 saturated heterocycles. The zero-order chi connectivity index (χ0) is 14.7. The second kappa shape index (κ2) is 6.05. The maximum Gasteiger partial charge on any atom is 0.333 e. The number of nitrogens with one attached hydrogen (secondary N) is 1. The highest BCUT2D eigenvalue weighted by molar-refractivity contribution is 7.10. The predicted octanol–water partition coefficient (Wildman–Crippen LogP) is 3.83. The maximum atomic E-state index is 13.4. The van der Waals surface area contributed by atoms with Crippen molar-refractivity contribution in [1.82, 2.24) is 0 Å². The quantitative estimate of drug-likeness (QED) is 0.871. The molecule has 3 nitrogen and oxygen atoms in total. The van der Waals surface area contributed by atoms with Crippen molar-refractivity contribution in [3.8, 4) is 0 Å². The number of benzene rings is 1. The number of carbonyl (C=O) groups is 1. The fourth-order valence-corrected chi connectivity index (χ4v) is 2.98. The van der Waals surface area contributed by atoms with E-state index >= 15 is 0 Å². The molecule has 0 amide bonds. The molecular formula is C15H16FNO2S. The highest BCUT2D eigenvalue weighted by Gasteiger charge is 2.24. The third-order valence-electron chi connectivity index (χ3n) is 2.95. The maximum absolute atomic E-state index is 13.4. The van der Waals surface area contributed by atoms with Gasteiger partial charge in [-0.2, -0.15) is 0 Å². The van der Waals surface area contributed by atoms with Crippen molar-refractivity contribution < 1.29 is 13.9 Å². The number of ether oxygens (including phenoxy) is 1. The highest BCUT2D eigenvalue weighted by atomic mass is 32.1. The van der Waals surface area contributed by atoms with Gasteiger partial charge in [-0.25, -0.2) is 9.18 Å². The van der Waals surface area contributed by atoms with Crippen molar-refractivity contribution in [2.75, 3.05) is 12.4 Å². The van der Waals surface area contributed by atoms with Crippen LogP contribution in [0.5, 0.6) is 0 Å². The summed E-state index contributed by atoms with van der Waals surface area (Å²) in [4.78, 5) is 12.8. The summed E-state index contributed by atoms with van der Waals surface area (Å²) in [6, 6.07) is 5.91. The Morgan fingerprint density at radius 2 is 2.10 bits per heavy atom. The summed E-state index contributed by atoms with van der Waals surface area (Å²) in [5, 5.41) is 4.97. The molecule has 0 bridgehead atoms.